The van der Waals surface area contributed by atoms with Crippen molar-refractivity contribution in [1.82, 2.24) is 4.90 Å². The third-order valence-electron chi connectivity index (χ3n) is 4.46. The number of hydrogen-bond donors (Lipinski definition) is 0. The Hall–Kier alpha value is -1.89. The first kappa shape index (κ1) is 20.8. The summed E-state index contributed by atoms with van der Waals surface area (Å²) in [4.78, 5) is 26.2. The number of piperidine rings is 1. The van der Waals surface area contributed by atoms with Gasteiger partial charge in [0.05, 0.1) is 26.5 Å². The third-order valence-corrected chi connectivity index (χ3v) is 5.48. The van der Waals surface area contributed by atoms with Gasteiger partial charge in [-0.2, -0.15) is 0 Å². The zero-order valence-corrected chi connectivity index (χ0v) is 16.6. The molecule has 28 heavy (non-hydrogen) atoms. The van der Waals surface area contributed by atoms with Crippen molar-refractivity contribution in [2.24, 2.45) is 5.92 Å². The van der Waals surface area contributed by atoms with Crippen LogP contribution in [0.4, 0.5) is 8.78 Å². The van der Waals surface area contributed by atoms with Crippen LogP contribution in [0.25, 0.3) is 0 Å². The number of benzene rings is 2. The van der Waals surface area contributed by atoms with Crippen LogP contribution in [0, 0.1) is 17.6 Å². The highest BCUT2D eigenvalue weighted by molar-refractivity contribution is 6.43. The first-order valence-corrected chi connectivity index (χ1v) is 9.50. The van der Waals surface area contributed by atoms with Gasteiger partial charge < -0.3 is 9.64 Å². The molecular formula is C19H14Cl3F2NO3. The lowest BCUT2D eigenvalue weighted by Gasteiger charge is -2.31. The molecule has 1 fully saturated rings. The lowest BCUT2D eigenvalue weighted by Crippen LogP contribution is -2.41. The van der Waals surface area contributed by atoms with Crippen molar-refractivity contribution in [3.63, 3.8) is 0 Å². The molecule has 0 radical (unpaired) electrons. The van der Waals surface area contributed by atoms with Crippen LogP contribution in [0.1, 0.15) is 23.2 Å². The Morgan fingerprint density at radius 1 is 0.964 bits per heavy atom. The van der Waals surface area contributed by atoms with Gasteiger partial charge in [-0.05, 0) is 31.0 Å². The van der Waals surface area contributed by atoms with Crippen molar-refractivity contribution >= 4 is 46.7 Å². The number of carbonyl (C=O) groups is 2. The summed E-state index contributed by atoms with van der Waals surface area (Å²) in [5.41, 5.74) is -0.204. The van der Waals surface area contributed by atoms with E-state index in [0.29, 0.717) is 18.9 Å². The van der Waals surface area contributed by atoms with E-state index in [9.17, 15) is 18.4 Å². The van der Waals surface area contributed by atoms with Gasteiger partial charge in [0.15, 0.2) is 5.75 Å². The lowest BCUT2D eigenvalue weighted by atomic mass is 9.96. The average Bonchev–Trinajstić information content (AvgIpc) is 2.65. The Labute approximate surface area is 174 Å². The Bertz CT molecular complexity index is 931. The largest absolute Gasteiger partial charge is 0.425 e. The molecular weight excluding hydrogens is 435 g/mol. The van der Waals surface area contributed by atoms with E-state index in [1.54, 1.807) is 0 Å². The first-order chi connectivity index (χ1) is 13.3. The minimum atomic E-state index is -0.916. The second kappa shape index (κ2) is 8.64. The molecule has 0 spiro atoms. The van der Waals surface area contributed by atoms with Gasteiger partial charge in [-0.15, -0.1) is 0 Å². The third kappa shape index (κ3) is 4.57. The zero-order chi connectivity index (χ0) is 20.4. The SMILES string of the molecule is O=C(Oc1cc(Cl)c(Cl)cc1Cl)C1CCN(C(=O)c2ccc(F)cc2F)CC1. The van der Waals surface area contributed by atoms with Crippen molar-refractivity contribution in [2.75, 3.05) is 13.1 Å². The highest BCUT2D eigenvalue weighted by Gasteiger charge is 2.30. The fourth-order valence-electron chi connectivity index (χ4n) is 2.93. The van der Waals surface area contributed by atoms with Crippen molar-refractivity contribution in [1.29, 1.82) is 0 Å². The molecule has 0 aromatic heterocycles. The first-order valence-electron chi connectivity index (χ1n) is 8.37. The number of rotatable bonds is 3. The van der Waals surface area contributed by atoms with E-state index < -0.39 is 29.4 Å². The summed E-state index contributed by atoms with van der Waals surface area (Å²) >= 11 is 17.8. The van der Waals surface area contributed by atoms with Crippen molar-refractivity contribution in [2.45, 2.75) is 12.8 Å². The molecule has 1 aliphatic heterocycles. The Balaban J connectivity index is 1.61. The van der Waals surface area contributed by atoms with Crippen molar-refractivity contribution < 1.29 is 23.1 Å². The van der Waals surface area contributed by atoms with Gasteiger partial charge >= 0.3 is 5.97 Å². The minimum Gasteiger partial charge on any atom is -0.425 e. The minimum absolute atomic E-state index is 0.105. The summed E-state index contributed by atoms with van der Waals surface area (Å²) in [5, 5.41) is 0.601. The Morgan fingerprint density at radius 3 is 2.25 bits per heavy atom. The Morgan fingerprint density at radius 2 is 1.61 bits per heavy atom. The molecule has 9 heteroatoms. The van der Waals surface area contributed by atoms with E-state index in [-0.39, 0.29) is 39.5 Å². The predicted octanol–water partition coefficient (Wildman–Crippen LogP) is 5.38. The molecule has 0 unspecified atom stereocenters. The number of likely N-dealkylation sites (tertiary alicyclic amines) is 1. The molecule has 1 saturated heterocycles. The number of hydrogen-bond acceptors (Lipinski definition) is 3. The molecule has 1 heterocycles. The van der Waals surface area contributed by atoms with Gasteiger partial charge in [0.2, 0.25) is 0 Å². The molecule has 0 N–H and O–H groups in total. The molecule has 1 aliphatic rings. The maximum absolute atomic E-state index is 13.8. The van der Waals surface area contributed by atoms with Crippen LogP contribution in [-0.2, 0) is 4.79 Å². The van der Waals surface area contributed by atoms with Crippen LogP contribution >= 0.6 is 34.8 Å². The number of esters is 1. The van der Waals surface area contributed by atoms with Crippen LogP contribution in [-0.4, -0.2) is 29.9 Å². The lowest BCUT2D eigenvalue weighted by molar-refractivity contribution is -0.140. The van der Waals surface area contributed by atoms with E-state index in [1.807, 2.05) is 0 Å². The van der Waals surface area contributed by atoms with Gasteiger partial charge in [0, 0.05) is 25.2 Å². The molecule has 0 aliphatic carbocycles. The zero-order valence-electron chi connectivity index (χ0n) is 14.4. The average molecular weight is 449 g/mol. The van der Waals surface area contributed by atoms with Crippen LogP contribution in [0.3, 0.4) is 0 Å². The molecule has 0 bridgehead atoms. The number of carbonyl (C=O) groups excluding carboxylic acids is 2. The standard InChI is InChI=1S/C19H14Cl3F2NO3/c20-13-8-15(22)17(9-14(13)21)28-19(27)10-3-5-25(6-4-10)18(26)12-2-1-11(23)7-16(12)24/h1-2,7-10H,3-6H2. The summed E-state index contributed by atoms with van der Waals surface area (Å²) in [6.07, 6.45) is 0.679. The topological polar surface area (TPSA) is 46.6 Å². The Kier molecular flexibility index (Phi) is 6.43. The molecule has 1 amide bonds. The van der Waals surface area contributed by atoms with Gasteiger partial charge in [-0.1, -0.05) is 34.8 Å². The van der Waals surface area contributed by atoms with E-state index in [2.05, 4.69) is 0 Å². The van der Waals surface area contributed by atoms with E-state index in [0.717, 1.165) is 12.1 Å². The van der Waals surface area contributed by atoms with Crippen LogP contribution in [0.15, 0.2) is 30.3 Å². The highest BCUT2D eigenvalue weighted by atomic mass is 35.5. The quantitative estimate of drug-likeness (QED) is 0.360. The number of ether oxygens (including phenoxy) is 1. The summed E-state index contributed by atoms with van der Waals surface area (Å²) in [6, 6.07) is 5.55. The monoisotopic (exact) mass is 447 g/mol. The molecule has 2 aromatic carbocycles. The van der Waals surface area contributed by atoms with Crippen molar-refractivity contribution in [3.8, 4) is 5.75 Å². The summed E-state index contributed by atoms with van der Waals surface area (Å²) in [5.74, 6) is -3.06. The smallest absolute Gasteiger partial charge is 0.314 e. The molecule has 2 aromatic rings. The normalized spacial score (nSPS) is 14.8. The fraction of sp³-hybridized carbons (Fsp3) is 0.263. The molecule has 0 saturated carbocycles. The predicted molar refractivity (Wildman–Crippen MR) is 102 cm³/mol. The number of nitrogens with zero attached hydrogens (tertiary/aromatic N) is 1. The molecule has 3 rings (SSSR count). The van der Waals surface area contributed by atoms with Crippen molar-refractivity contribution in [3.05, 3.63) is 62.6 Å². The van der Waals surface area contributed by atoms with E-state index in [4.69, 9.17) is 39.5 Å². The highest BCUT2D eigenvalue weighted by Crippen LogP contribution is 2.34. The van der Waals surface area contributed by atoms with E-state index >= 15 is 0 Å². The molecule has 148 valence electrons. The summed E-state index contributed by atoms with van der Waals surface area (Å²) < 4.78 is 32.1. The van der Waals surface area contributed by atoms with Crippen LogP contribution in [0.5, 0.6) is 5.75 Å². The summed E-state index contributed by atoms with van der Waals surface area (Å²) in [6.45, 7) is 0.481. The maximum Gasteiger partial charge on any atom is 0.314 e. The van der Waals surface area contributed by atoms with Gasteiger partial charge in [-0.25, -0.2) is 8.78 Å². The van der Waals surface area contributed by atoms with Crippen LogP contribution < -0.4 is 4.74 Å². The van der Waals surface area contributed by atoms with Crippen LogP contribution in [0.2, 0.25) is 15.1 Å². The van der Waals surface area contributed by atoms with E-state index in [1.165, 1.54) is 17.0 Å². The number of halogens is 5. The second-order valence-corrected chi connectivity index (χ2v) is 7.53. The summed E-state index contributed by atoms with van der Waals surface area (Å²) in [7, 11) is 0. The van der Waals surface area contributed by atoms with Gasteiger partial charge in [0.1, 0.15) is 11.6 Å². The molecule has 0 atom stereocenters. The number of amides is 1. The maximum atomic E-state index is 13.8. The van der Waals surface area contributed by atoms with Gasteiger partial charge in [0.25, 0.3) is 5.91 Å². The van der Waals surface area contributed by atoms with Gasteiger partial charge in [-0.3, -0.25) is 9.59 Å². The molecule has 4 nitrogen and oxygen atoms in total. The fourth-order valence-corrected chi connectivity index (χ4v) is 3.50. The second-order valence-electron chi connectivity index (χ2n) is 6.31.